The first-order valence-corrected chi connectivity index (χ1v) is 9.91. The van der Waals surface area contributed by atoms with Crippen LogP contribution in [-0.4, -0.2) is 39.7 Å². The molecule has 0 spiro atoms. The number of fused-ring (bicyclic) bond motifs is 2. The van der Waals surface area contributed by atoms with E-state index in [4.69, 9.17) is 0 Å². The molecular formula is C22H28N4. The van der Waals surface area contributed by atoms with Crippen molar-refractivity contribution in [1.82, 2.24) is 20.1 Å². The number of likely N-dealkylation sites (N-methyl/N-ethyl adjacent to an activating group) is 1. The first-order chi connectivity index (χ1) is 12.6. The minimum Gasteiger partial charge on any atom is -0.361 e. The Labute approximate surface area is 155 Å². The fourth-order valence-electron chi connectivity index (χ4n) is 5.55. The van der Waals surface area contributed by atoms with Crippen LogP contribution in [0.2, 0.25) is 0 Å². The number of piperidine rings is 1. The number of nitrogens with one attached hydrogen (secondary N) is 2. The van der Waals surface area contributed by atoms with Gasteiger partial charge in [-0.2, -0.15) is 5.10 Å². The molecule has 2 aliphatic rings. The van der Waals surface area contributed by atoms with Gasteiger partial charge in [0.25, 0.3) is 0 Å². The summed E-state index contributed by atoms with van der Waals surface area (Å²) in [6.45, 7) is 5.48. The van der Waals surface area contributed by atoms with Crippen molar-refractivity contribution in [2.45, 2.75) is 51.5 Å². The standard InChI is InChI=1S/C22H28N4/c1-13-17(14(2)25-24-13)8-7-15-9-19-18-5-4-6-20-22(18)16(11-23-20)10-21(19)26(3)12-15/h4-6,11,15,19,21,23H,7-10,12H2,1-3H3,(H,24,25)/t15?,19-,21-/m1/s1. The van der Waals surface area contributed by atoms with Gasteiger partial charge in [-0.1, -0.05) is 12.1 Å². The Hall–Kier alpha value is -2.07. The molecule has 2 N–H and O–H groups in total. The summed E-state index contributed by atoms with van der Waals surface area (Å²) in [7, 11) is 2.33. The number of hydrogen-bond donors (Lipinski definition) is 2. The van der Waals surface area contributed by atoms with Crippen LogP contribution in [0.15, 0.2) is 24.4 Å². The van der Waals surface area contributed by atoms with Crippen molar-refractivity contribution in [3.8, 4) is 0 Å². The van der Waals surface area contributed by atoms with Crippen molar-refractivity contribution in [1.29, 1.82) is 0 Å². The molecule has 4 heteroatoms. The Morgan fingerprint density at radius 3 is 2.96 bits per heavy atom. The Bertz CT molecular complexity index is 931. The SMILES string of the molecule is Cc1n[nH]c(C)c1CCC1C[C@@H]2c3cccc4[nH]cc(c34)C[C@H]2N(C)C1. The molecule has 1 unspecified atom stereocenters. The maximum Gasteiger partial charge on any atom is 0.0625 e. The first-order valence-electron chi connectivity index (χ1n) is 9.91. The molecule has 0 amide bonds. The highest BCUT2D eigenvalue weighted by Crippen LogP contribution is 2.45. The zero-order valence-electron chi connectivity index (χ0n) is 16.0. The average Bonchev–Trinajstić information content (AvgIpc) is 3.19. The number of aromatic amines is 2. The van der Waals surface area contributed by atoms with Crippen LogP contribution in [0.3, 0.4) is 0 Å². The summed E-state index contributed by atoms with van der Waals surface area (Å²) in [5, 5.41) is 9.01. The molecule has 3 atom stereocenters. The first kappa shape index (κ1) is 16.1. The Balaban J connectivity index is 1.41. The molecule has 3 aromatic rings. The van der Waals surface area contributed by atoms with E-state index in [9.17, 15) is 0 Å². The van der Waals surface area contributed by atoms with E-state index in [1.165, 1.54) is 59.2 Å². The summed E-state index contributed by atoms with van der Waals surface area (Å²) in [5.41, 5.74) is 8.22. The van der Waals surface area contributed by atoms with Crippen LogP contribution in [0, 0.1) is 19.8 Å². The predicted molar refractivity (Wildman–Crippen MR) is 106 cm³/mol. The minimum atomic E-state index is 0.651. The molecule has 1 fully saturated rings. The van der Waals surface area contributed by atoms with Crippen molar-refractivity contribution >= 4 is 10.9 Å². The molecule has 1 aliphatic carbocycles. The third kappa shape index (κ3) is 2.43. The van der Waals surface area contributed by atoms with Crippen molar-refractivity contribution < 1.29 is 0 Å². The normalized spacial score (nSPS) is 25.6. The monoisotopic (exact) mass is 348 g/mol. The molecule has 1 aromatic carbocycles. The molecule has 1 aliphatic heterocycles. The lowest BCUT2D eigenvalue weighted by Gasteiger charge is -2.45. The lowest BCUT2D eigenvalue weighted by atomic mass is 9.71. The van der Waals surface area contributed by atoms with Crippen LogP contribution < -0.4 is 0 Å². The van der Waals surface area contributed by atoms with Gasteiger partial charge >= 0.3 is 0 Å². The Morgan fingerprint density at radius 1 is 1.27 bits per heavy atom. The molecular weight excluding hydrogens is 320 g/mol. The van der Waals surface area contributed by atoms with Crippen molar-refractivity contribution in [3.63, 3.8) is 0 Å². The predicted octanol–water partition coefficient (Wildman–Crippen LogP) is 4.10. The molecule has 2 aromatic heterocycles. The van der Waals surface area contributed by atoms with Gasteiger partial charge in [-0.3, -0.25) is 5.10 Å². The maximum absolute atomic E-state index is 4.37. The van der Waals surface area contributed by atoms with Gasteiger partial charge < -0.3 is 9.88 Å². The molecule has 136 valence electrons. The van der Waals surface area contributed by atoms with E-state index in [1.54, 1.807) is 5.56 Å². The van der Waals surface area contributed by atoms with Crippen LogP contribution in [0.1, 0.15) is 46.8 Å². The van der Waals surface area contributed by atoms with E-state index in [0.717, 1.165) is 12.3 Å². The number of nitrogens with zero attached hydrogens (tertiary/aromatic N) is 2. The van der Waals surface area contributed by atoms with Gasteiger partial charge in [0.15, 0.2) is 0 Å². The number of aromatic nitrogens is 3. The molecule has 0 bridgehead atoms. The number of rotatable bonds is 3. The van der Waals surface area contributed by atoms with Gasteiger partial charge in [-0.15, -0.1) is 0 Å². The second kappa shape index (κ2) is 5.98. The number of aryl methyl sites for hydroxylation is 2. The van der Waals surface area contributed by atoms with Gasteiger partial charge in [0.05, 0.1) is 5.69 Å². The number of hydrogen-bond acceptors (Lipinski definition) is 2. The van der Waals surface area contributed by atoms with Crippen molar-refractivity contribution in [2.75, 3.05) is 13.6 Å². The highest BCUT2D eigenvalue weighted by Gasteiger charge is 2.39. The van der Waals surface area contributed by atoms with E-state index in [0.29, 0.717) is 12.0 Å². The molecule has 3 heterocycles. The van der Waals surface area contributed by atoms with Crippen molar-refractivity contribution in [3.05, 3.63) is 52.5 Å². The molecule has 4 nitrogen and oxygen atoms in total. The van der Waals surface area contributed by atoms with Gasteiger partial charge in [0, 0.05) is 41.3 Å². The number of H-pyrrole nitrogens is 2. The third-order valence-electron chi connectivity index (χ3n) is 6.90. The highest BCUT2D eigenvalue weighted by atomic mass is 15.1. The van der Waals surface area contributed by atoms with E-state index in [-0.39, 0.29) is 0 Å². The molecule has 0 radical (unpaired) electrons. The highest BCUT2D eigenvalue weighted by molar-refractivity contribution is 5.88. The topological polar surface area (TPSA) is 47.7 Å². The molecule has 5 rings (SSSR count). The molecule has 0 saturated carbocycles. The van der Waals surface area contributed by atoms with Crippen LogP contribution in [0.4, 0.5) is 0 Å². The quantitative estimate of drug-likeness (QED) is 0.748. The van der Waals surface area contributed by atoms with Gasteiger partial charge in [-0.25, -0.2) is 0 Å². The Kier molecular flexibility index (Phi) is 3.71. The summed E-state index contributed by atoms with van der Waals surface area (Å²) in [6, 6.07) is 7.47. The lowest BCUT2D eigenvalue weighted by molar-refractivity contribution is 0.108. The smallest absolute Gasteiger partial charge is 0.0625 e. The molecule has 1 saturated heterocycles. The summed E-state index contributed by atoms with van der Waals surface area (Å²) >= 11 is 0. The fourth-order valence-corrected chi connectivity index (χ4v) is 5.55. The number of benzene rings is 1. The molecule has 26 heavy (non-hydrogen) atoms. The van der Waals surface area contributed by atoms with Gasteiger partial charge in [0.1, 0.15) is 0 Å². The van der Waals surface area contributed by atoms with Crippen molar-refractivity contribution in [2.24, 2.45) is 5.92 Å². The summed E-state index contributed by atoms with van der Waals surface area (Å²) < 4.78 is 0. The maximum atomic E-state index is 4.37. The lowest BCUT2D eigenvalue weighted by Crippen LogP contribution is -2.47. The largest absolute Gasteiger partial charge is 0.361 e. The van der Waals surface area contributed by atoms with Gasteiger partial charge in [0.2, 0.25) is 0 Å². The zero-order valence-corrected chi connectivity index (χ0v) is 16.0. The summed E-state index contributed by atoms with van der Waals surface area (Å²) in [5.74, 6) is 1.42. The van der Waals surface area contributed by atoms with Crippen LogP contribution >= 0.6 is 0 Å². The number of likely N-dealkylation sites (tertiary alicyclic amines) is 1. The third-order valence-corrected chi connectivity index (χ3v) is 6.90. The second-order valence-electron chi connectivity index (χ2n) is 8.45. The van der Waals surface area contributed by atoms with Crippen LogP contribution in [0.5, 0.6) is 0 Å². The second-order valence-corrected chi connectivity index (χ2v) is 8.45. The fraction of sp³-hybridized carbons (Fsp3) is 0.500. The van der Waals surface area contributed by atoms with E-state index >= 15 is 0 Å². The minimum absolute atomic E-state index is 0.651. The van der Waals surface area contributed by atoms with Crippen LogP contribution in [-0.2, 0) is 12.8 Å². The average molecular weight is 348 g/mol. The van der Waals surface area contributed by atoms with Crippen LogP contribution in [0.25, 0.3) is 10.9 Å². The van der Waals surface area contributed by atoms with E-state index in [2.05, 4.69) is 65.4 Å². The van der Waals surface area contributed by atoms with E-state index in [1.807, 2.05) is 0 Å². The summed E-state index contributed by atoms with van der Waals surface area (Å²) in [6.07, 6.45) is 7.13. The Morgan fingerprint density at radius 2 is 2.15 bits per heavy atom. The zero-order chi connectivity index (χ0) is 17.8. The van der Waals surface area contributed by atoms with Gasteiger partial charge in [-0.05, 0) is 75.3 Å². The van der Waals surface area contributed by atoms with E-state index < -0.39 is 0 Å². The summed E-state index contributed by atoms with van der Waals surface area (Å²) in [4.78, 5) is 6.11.